The molecular weight excluding hydrogens is 310 g/mol. The van der Waals surface area contributed by atoms with Crippen LogP contribution in [-0.4, -0.2) is 25.5 Å². The number of aliphatic carboxylic acids is 1. The van der Waals surface area contributed by atoms with Crippen molar-refractivity contribution in [2.45, 2.75) is 57.9 Å². The third-order valence-corrected chi connectivity index (χ3v) is 6.15. The van der Waals surface area contributed by atoms with Crippen LogP contribution in [0.4, 0.5) is 0 Å². The SMILES string of the molecule is Cc1cc(S(=O)(=O)NC(C)CCCC(C)C(=O)O)c(C)s1. The molecule has 0 saturated heterocycles. The third-order valence-electron chi connectivity index (χ3n) is 3.34. The summed E-state index contributed by atoms with van der Waals surface area (Å²) in [5.41, 5.74) is 0. The van der Waals surface area contributed by atoms with E-state index in [9.17, 15) is 13.2 Å². The molecule has 0 aliphatic rings. The molecule has 0 bridgehead atoms. The van der Waals surface area contributed by atoms with Crippen LogP contribution in [-0.2, 0) is 14.8 Å². The van der Waals surface area contributed by atoms with Crippen molar-refractivity contribution in [2.24, 2.45) is 5.92 Å². The van der Waals surface area contributed by atoms with E-state index in [1.165, 1.54) is 11.3 Å². The quantitative estimate of drug-likeness (QED) is 0.766. The second-order valence-corrected chi connectivity index (χ2v) is 8.61. The Labute approximate surface area is 130 Å². The molecule has 0 fully saturated rings. The highest BCUT2D eigenvalue weighted by Gasteiger charge is 2.21. The maximum Gasteiger partial charge on any atom is 0.306 e. The van der Waals surface area contributed by atoms with Gasteiger partial charge in [-0.25, -0.2) is 13.1 Å². The van der Waals surface area contributed by atoms with E-state index in [4.69, 9.17) is 5.11 Å². The van der Waals surface area contributed by atoms with Gasteiger partial charge in [-0.2, -0.15) is 0 Å². The molecule has 1 rings (SSSR count). The topological polar surface area (TPSA) is 83.5 Å². The minimum absolute atomic E-state index is 0.212. The van der Waals surface area contributed by atoms with Crippen molar-refractivity contribution < 1.29 is 18.3 Å². The molecule has 1 aromatic heterocycles. The zero-order chi connectivity index (χ0) is 16.2. The van der Waals surface area contributed by atoms with Gasteiger partial charge in [-0.15, -0.1) is 11.3 Å². The standard InChI is InChI=1S/C14H23NO4S2/c1-9(14(16)17)6-5-7-10(2)15-21(18,19)13-8-11(3)20-12(13)4/h8-10,15H,5-7H2,1-4H3,(H,16,17). The summed E-state index contributed by atoms with van der Waals surface area (Å²) in [6, 6.07) is 1.47. The van der Waals surface area contributed by atoms with Crippen molar-refractivity contribution in [3.8, 4) is 0 Å². The number of carboxylic acids is 1. The zero-order valence-electron chi connectivity index (χ0n) is 12.8. The molecule has 0 amide bonds. The lowest BCUT2D eigenvalue weighted by Crippen LogP contribution is -2.32. The summed E-state index contributed by atoms with van der Waals surface area (Å²) in [6.45, 7) is 7.14. The second-order valence-electron chi connectivity index (χ2n) is 5.47. The first-order valence-electron chi connectivity index (χ1n) is 6.95. The van der Waals surface area contributed by atoms with Crippen molar-refractivity contribution >= 4 is 27.3 Å². The molecule has 0 spiro atoms. The fourth-order valence-corrected chi connectivity index (χ4v) is 4.95. The first kappa shape index (κ1) is 18.1. The highest BCUT2D eigenvalue weighted by atomic mass is 32.2. The van der Waals surface area contributed by atoms with Crippen molar-refractivity contribution in [1.82, 2.24) is 4.72 Å². The van der Waals surface area contributed by atoms with Crippen molar-refractivity contribution in [3.63, 3.8) is 0 Å². The Hall–Kier alpha value is -0.920. The molecular formula is C14H23NO4S2. The predicted octanol–water partition coefficient (Wildman–Crippen LogP) is 2.92. The van der Waals surface area contributed by atoms with Gasteiger partial charge in [0, 0.05) is 15.8 Å². The van der Waals surface area contributed by atoms with Gasteiger partial charge in [0.1, 0.15) is 0 Å². The van der Waals surface area contributed by atoms with Crippen LogP contribution in [0.2, 0.25) is 0 Å². The van der Waals surface area contributed by atoms with Gasteiger partial charge < -0.3 is 5.11 Å². The molecule has 0 aliphatic heterocycles. The molecule has 2 unspecified atom stereocenters. The first-order chi connectivity index (χ1) is 9.63. The summed E-state index contributed by atoms with van der Waals surface area (Å²) in [6.07, 6.45) is 1.86. The summed E-state index contributed by atoms with van der Waals surface area (Å²) < 4.78 is 27.2. The van der Waals surface area contributed by atoms with Gasteiger partial charge in [0.25, 0.3) is 0 Å². The Kier molecular flexibility index (Phi) is 6.37. The average Bonchev–Trinajstić information content (AvgIpc) is 2.68. The molecule has 2 atom stereocenters. The lowest BCUT2D eigenvalue weighted by Gasteiger charge is -2.14. The van der Waals surface area contributed by atoms with E-state index < -0.39 is 21.9 Å². The van der Waals surface area contributed by atoms with Crippen LogP contribution in [0.1, 0.15) is 42.9 Å². The van der Waals surface area contributed by atoms with E-state index in [-0.39, 0.29) is 6.04 Å². The molecule has 120 valence electrons. The van der Waals surface area contributed by atoms with E-state index >= 15 is 0 Å². The molecule has 1 aromatic rings. The molecule has 21 heavy (non-hydrogen) atoms. The molecule has 0 radical (unpaired) electrons. The zero-order valence-corrected chi connectivity index (χ0v) is 14.5. The highest BCUT2D eigenvalue weighted by Crippen LogP contribution is 2.25. The number of carboxylic acid groups (broad SMARTS) is 1. The summed E-state index contributed by atoms with van der Waals surface area (Å²) in [5.74, 6) is -1.21. The van der Waals surface area contributed by atoms with Crippen LogP contribution in [0.3, 0.4) is 0 Å². The Morgan fingerprint density at radius 1 is 1.33 bits per heavy atom. The number of hydrogen-bond donors (Lipinski definition) is 2. The van der Waals surface area contributed by atoms with E-state index in [1.54, 1.807) is 26.8 Å². The number of nitrogens with one attached hydrogen (secondary N) is 1. The van der Waals surface area contributed by atoms with E-state index in [2.05, 4.69) is 4.72 Å². The smallest absolute Gasteiger partial charge is 0.306 e. The molecule has 2 N–H and O–H groups in total. The lowest BCUT2D eigenvalue weighted by molar-refractivity contribution is -0.141. The fraction of sp³-hybridized carbons (Fsp3) is 0.643. The summed E-state index contributed by atoms with van der Waals surface area (Å²) in [4.78, 5) is 12.8. The normalized spacial score (nSPS) is 14.9. The Balaban J connectivity index is 2.56. The van der Waals surface area contributed by atoms with Crippen LogP contribution in [0.5, 0.6) is 0 Å². The Morgan fingerprint density at radius 2 is 1.95 bits per heavy atom. The minimum atomic E-state index is -3.49. The van der Waals surface area contributed by atoms with Crippen LogP contribution < -0.4 is 4.72 Å². The number of rotatable bonds is 8. The molecule has 0 aliphatic carbocycles. The van der Waals surface area contributed by atoms with Gasteiger partial charge in [0.15, 0.2) is 0 Å². The lowest BCUT2D eigenvalue weighted by atomic mass is 10.0. The summed E-state index contributed by atoms with van der Waals surface area (Å²) in [7, 11) is -3.49. The maximum atomic E-state index is 12.3. The van der Waals surface area contributed by atoms with E-state index in [1.807, 2.05) is 6.92 Å². The minimum Gasteiger partial charge on any atom is -0.481 e. The molecule has 1 heterocycles. The highest BCUT2D eigenvalue weighted by molar-refractivity contribution is 7.89. The van der Waals surface area contributed by atoms with Gasteiger partial charge in [-0.1, -0.05) is 13.3 Å². The van der Waals surface area contributed by atoms with E-state index in [0.717, 1.165) is 9.75 Å². The van der Waals surface area contributed by atoms with Gasteiger partial charge in [0.2, 0.25) is 10.0 Å². The van der Waals surface area contributed by atoms with Gasteiger partial charge in [-0.05, 0) is 39.7 Å². The van der Waals surface area contributed by atoms with Crippen molar-refractivity contribution in [3.05, 3.63) is 15.8 Å². The number of carbonyl (C=O) groups is 1. The number of thiophene rings is 1. The largest absolute Gasteiger partial charge is 0.481 e. The van der Waals surface area contributed by atoms with Crippen LogP contribution in [0.25, 0.3) is 0 Å². The number of aryl methyl sites for hydroxylation is 2. The van der Waals surface area contributed by atoms with Gasteiger partial charge >= 0.3 is 5.97 Å². The van der Waals surface area contributed by atoms with Crippen LogP contribution in [0, 0.1) is 19.8 Å². The Bertz CT molecular complexity index is 592. The Morgan fingerprint density at radius 3 is 2.43 bits per heavy atom. The summed E-state index contributed by atoms with van der Waals surface area (Å²) in [5, 5.41) is 8.80. The van der Waals surface area contributed by atoms with Crippen LogP contribution >= 0.6 is 11.3 Å². The van der Waals surface area contributed by atoms with Crippen molar-refractivity contribution in [2.75, 3.05) is 0 Å². The second kappa shape index (κ2) is 7.38. The molecule has 0 aromatic carbocycles. The first-order valence-corrected chi connectivity index (χ1v) is 9.25. The third kappa shape index (κ3) is 5.41. The number of hydrogen-bond acceptors (Lipinski definition) is 4. The maximum absolute atomic E-state index is 12.3. The van der Waals surface area contributed by atoms with E-state index in [0.29, 0.717) is 24.2 Å². The monoisotopic (exact) mass is 333 g/mol. The molecule has 5 nitrogen and oxygen atoms in total. The van der Waals surface area contributed by atoms with Gasteiger partial charge in [-0.3, -0.25) is 4.79 Å². The van der Waals surface area contributed by atoms with Crippen molar-refractivity contribution in [1.29, 1.82) is 0 Å². The van der Waals surface area contributed by atoms with Gasteiger partial charge in [0.05, 0.1) is 10.8 Å². The van der Waals surface area contributed by atoms with Crippen LogP contribution in [0.15, 0.2) is 11.0 Å². The predicted molar refractivity (Wildman–Crippen MR) is 84.2 cm³/mol. The summed E-state index contributed by atoms with van der Waals surface area (Å²) >= 11 is 1.46. The molecule has 7 heteroatoms. The fourth-order valence-electron chi connectivity index (χ4n) is 2.12. The molecule has 0 saturated carbocycles. The average molecular weight is 333 g/mol. The number of sulfonamides is 1.